The zero-order valence-electron chi connectivity index (χ0n) is 16.2. The minimum atomic E-state index is -0.223. The first kappa shape index (κ1) is 19.5. The van der Waals surface area contributed by atoms with Crippen LogP contribution in [0.3, 0.4) is 0 Å². The van der Waals surface area contributed by atoms with E-state index >= 15 is 0 Å². The van der Waals surface area contributed by atoms with E-state index in [-0.39, 0.29) is 18.6 Å². The second kappa shape index (κ2) is 9.65. The average molecular weight is 379 g/mol. The number of nitrogens with one attached hydrogen (secondary N) is 1. The normalized spacial score (nSPS) is 11.6. The van der Waals surface area contributed by atoms with Crippen molar-refractivity contribution in [2.24, 2.45) is 0 Å². The molecule has 0 radical (unpaired) electrons. The topological polar surface area (TPSA) is 60.7 Å². The predicted molar refractivity (Wildman–Crippen MR) is 108 cm³/mol. The molecule has 0 aliphatic rings. The van der Waals surface area contributed by atoms with Gasteiger partial charge in [-0.2, -0.15) is 0 Å². The van der Waals surface area contributed by atoms with Crippen LogP contribution in [0.4, 0.5) is 0 Å². The van der Waals surface area contributed by atoms with E-state index in [1.165, 1.54) is 11.8 Å². The fraction of sp³-hybridized carbons (Fsp3) is 0.261. The SMILES string of the molecule is COc1ccc(CCC(C)NC(=O)c2occc2COc2ccccc2)cc1. The van der Waals surface area contributed by atoms with Crippen LogP contribution in [-0.4, -0.2) is 19.1 Å². The number of hydrogen-bond donors (Lipinski definition) is 1. The molecular weight excluding hydrogens is 354 g/mol. The minimum absolute atomic E-state index is 0.0163. The zero-order chi connectivity index (χ0) is 19.8. The van der Waals surface area contributed by atoms with Crippen molar-refractivity contribution in [1.29, 1.82) is 0 Å². The molecule has 28 heavy (non-hydrogen) atoms. The third-order valence-electron chi connectivity index (χ3n) is 4.49. The van der Waals surface area contributed by atoms with Crippen LogP contribution in [0.2, 0.25) is 0 Å². The van der Waals surface area contributed by atoms with Crippen molar-refractivity contribution in [3.05, 3.63) is 83.8 Å². The van der Waals surface area contributed by atoms with Crippen LogP contribution >= 0.6 is 0 Å². The molecule has 5 heteroatoms. The second-order valence-electron chi connectivity index (χ2n) is 6.64. The monoisotopic (exact) mass is 379 g/mol. The molecule has 146 valence electrons. The lowest BCUT2D eigenvalue weighted by molar-refractivity contribution is 0.0907. The van der Waals surface area contributed by atoms with E-state index in [1.807, 2.05) is 61.5 Å². The van der Waals surface area contributed by atoms with Crippen LogP contribution in [0.25, 0.3) is 0 Å². The molecule has 0 aliphatic carbocycles. The van der Waals surface area contributed by atoms with Crippen molar-refractivity contribution in [1.82, 2.24) is 5.32 Å². The Morgan fingerprint density at radius 3 is 2.50 bits per heavy atom. The summed E-state index contributed by atoms with van der Waals surface area (Å²) in [6.45, 7) is 2.27. The lowest BCUT2D eigenvalue weighted by Crippen LogP contribution is -2.33. The predicted octanol–water partition coefficient (Wildman–Crippen LogP) is 4.62. The Kier molecular flexibility index (Phi) is 6.73. The summed E-state index contributed by atoms with van der Waals surface area (Å²) in [6.07, 6.45) is 3.21. The molecule has 3 rings (SSSR count). The number of para-hydroxylation sites is 1. The number of hydrogen-bond acceptors (Lipinski definition) is 4. The van der Waals surface area contributed by atoms with Crippen LogP contribution in [0.5, 0.6) is 11.5 Å². The molecule has 1 atom stereocenters. The Bertz CT molecular complexity index is 871. The van der Waals surface area contributed by atoms with Crippen LogP contribution in [-0.2, 0) is 13.0 Å². The molecule has 0 spiro atoms. The Labute approximate surface area is 165 Å². The maximum atomic E-state index is 12.6. The number of furan rings is 1. The number of methoxy groups -OCH3 is 1. The van der Waals surface area contributed by atoms with Gasteiger partial charge in [-0.05, 0) is 55.7 Å². The van der Waals surface area contributed by atoms with Gasteiger partial charge >= 0.3 is 0 Å². The van der Waals surface area contributed by atoms with Crippen molar-refractivity contribution in [2.75, 3.05) is 7.11 Å². The summed E-state index contributed by atoms with van der Waals surface area (Å²) in [5.41, 5.74) is 1.93. The Morgan fingerprint density at radius 2 is 1.79 bits per heavy atom. The van der Waals surface area contributed by atoms with Gasteiger partial charge in [0.2, 0.25) is 0 Å². The first-order valence-electron chi connectivity index (χ1n) is 9.33. The summed E-state index contributed by atoms with van der Waals surface area (Å²) in [5.74, 6) is 1.67. The third-order valence-corrected chi connectivity index (χ3v) is 4.49. The Balaban J connectivity index is 1.50. The van der Waals surface area contributed by atoms with Gasteiger partial charge in [0.1, 0.15) is 18.1 Å². The molecule has 1 amide bonds. The summed E-state index contributed by atoms with van der Waals surface area (Å²) in [7, 11) is 1.65. The summed E-state index contributed by atoms with van der Waals surface area (Å²) < 4.78 is 16.3. The number of rotatable bonds is 9. The number of aryl methyl sites for hydroxylation is 1. The molecule has 0 saturated heterocycles. The smallest absolute Gasteiger partial charge is 0.287 e. The van der Waals surface area contributed by atoms with E-state index in [1.54, 1.807) is 13.2 Å². The highest BCUT2D eigenvalue weighted by atomic mass is 16.5. The number of ether oxygens (including phenoxy) is 2. The van der Waals surface area contributed by atoms with E-state index in [0.29, 0.717) is 5.76 Å². The summed E-state index contributed by atoms with van der Waals surface area (Å²) in [6, 6.07) is 19.2. The van der Waals surface area contributed by atoms with Crippen molar-refractivity contribution in [3.8, 4) is 11.5 Å². The van der Waals surface area contributed by atoms with Gasteiger partial charge < -0.3 is 19.2 Å². The highest BCUT2D eigenvalue weighted by Gasteiger charge is 2.18. The fourth-order valence-corrected chi connectivity index (χ4v) is 2.86. The van der Waals surface area contributed by atoms with Crippen molar-refractivity contribution < 1.29 is 18.7 Å². The first-order chi connectivity index (χ1) is 13.7. The van der Waals surface area contributed by atoms with Gasteiger partial charge in [-0.3, -0.25) is 4.79 Å². The van der Waals surface area contributed by atoms with E-state index in [4.69, 9.17) is 13.9 Å². The molecule has 3 aromatic rings. The van der Waals surface area contributed by atoms with E-state index in [2.05, 4.69) is 5.32 Å². The van der Waals surface area contributed by atoms with E-state index < -0.39 is 0 Å². The maximum absolute atomic E-state index is 12.6. The van der Waals surface area contributed by atoms with Gasteiger partial charge in [0, 0.05) is 11.6 Å². The van der Waals surface area contributed by atoms with Crippen molar-refractivity contribution in [3.63, 3.8) is 0 Å². The van der Waals surface area contributed by atoms with Gasteiger partial charge in [-0.1, -0.05) is 30.3 Å². The summed E-state index contributed by atoms with van der Waals surface area (Å²) >= 11 is 0. The summed E-state index contributed by atoms with van der Waals surface area (Å²) in [4.78, 5) is 12.6. The van der Waals surface area contributed by atoms with Crippen LogP contribution in [0.1, 0.15) is 35.0 Å². The lowest BCUT2D eigenvalue weighted by atomic mass is 10.1. The van der Waals surface area contributed by atoms with Crippen LogP contribution in [0.15, 0.2) is 71.3 Å². The number of carbonyl (C=O) groups excluding carboxylic acids is 1. The maximum Gasteiger partial charge on any atom is 0.287 e. The first-order valence-corrected chi connectivity index (χ1v) is 9.33. The van der Waals surface area contributed by atoms with Gasteiger partial charge in [0.25, 0.3) is 5.91 Å². The molecular formula is C23H25NO4. The lowest BCUT2D eigenvalue weighted by Gasteiger charge is -2.14. The highest BCUT2D eigenvalue weighted by molar-refractivity contribution is 5.93. The fourth-order valence-electron chi connectivity index (χ4n) is 2.86. The van der Waals surface area contributed by atoms with Gasteiger partial charge in [-0.25, -0.2) is 0 Å². The molecule has 1 heterocycles. The van der Waals surface area contributed by atoms with E-state index in [9.17, 15) is 4.79 Å². The minimum Gasteiger partial charge on any atom is -0.497 e. The van der Waals surface area contributed by atoms with Crippen molar-refractivity contribution in [2.45, 2.75) is 32.4 Å². The number of carbonyl (C=O) groups is 1. The Hall–Kier alpha value is -3.21. The third kappa shape index (κ3) is 5.39. The summed E-state index contributed by atoms with van der Waals surface area (Å²) in [5, 5.41) is 3.00. The number of benzene rings is 2. The quantitative estimate of drug-likeness (QED) is 0.589. The van der Waals surface area contributed by atoms with Crippen LogP contribution in [0, 0.1) is 0 Å². The molecule has 2 aromatic carbocycles. The van der Waals surface area contributed by atoms with Crippen molar-refractivity contribution >= 4 is 5.91 Å². The van der Waals surface area contributed by atoms with Gasteiger partial charge in [-0.15, -0.1) is 0 Å². The molecule has 1 N–H and O–H groups in total. The molecule has 1 aromatic heterocycles. The number of amides is 1. The van der Waals surface area contributed by atoms with Crippen LogP contribution < -0.4 is 14.8 Å². The zero-order valence-corrected chi connectivity index (χ0v) is 16.2. The molecule has 0 bridgehead atoms. The molecule has 5 nitrogen and oxygen atoms in total. The highest BCUT2D eigenvalue weighted by Crippen LogP contribution is 2.17. The average Bonchev–Trinajstić information content (AvgIpc) is 3.21. The molecule has 0 aliphatic heterocycles. The van der Waals surface area contributed by atoms with E-state index in [0.717, 1.165) is 29.9 Å². The molecule has 0 fully saturated rings. The van der Waals surface area contributed by atoms with Gasteiger partial charge in [0.05, 0.1) is 13.4 Å². The Morgan fingerprint density at radius 1 is 1.04 bits per heavy atom. The second-order valence-corrected chi connectivity index (χ2v) is 6.64. The standard InChI is InChI=1S/C23H25NO4/c1-17(8-9-18-10-12-20(26-2)13-11-18)24-23(25)22-19(14-15-27-22)16-28-21-6-4-3-5-7-21/h3-7,10-15,17H,8-9,16H2,1-2H3,(H,24,25). The molecule has 1 unspecified atom stereocenters. The molecule has 0 saturated carbocycles. The van der Waals surface area contributed by atoms with Gasteiger partial charge in [0.15, 0.2) is 5.76 Å². The largest absolute Gasteiger partial charge is 0.497 e.